The van der Waals surface area contributed by atoms with Crippen molar-refractivity contribution in [3.8, 4) is 17.4 Å². The number of aromatic nitrogens is 1. The number of methoxy groups -OCH3 is 3. The van der Waals surface area contributed by atoms with Crippen molar-refractivity contribution in [1.29, 1.82) is 0 Å². The molecule has 8 nitrogen and oxygen atoms in total. The molecule has 4 rings (SSSR count). The molecule has 2 heterocycles. The third-order valence-corrected chi connectivity index (χ3v) is 5.82. The van der Waals surface area contributed by atoms with Gasteiger partial charge in [0, 0.05) is 18.7 Å². The number of pyridine rings is 1. The fraction of sp³-hybridized carbons (Fsp3) is 0.240. The van der Waals surface area contributed by atoms with E-state index in [1.165, 1.54) is 13.3 Å². The quantitative estimate of drug-likeness (QED) is 0.620. The average Bonchev–Trinajstić information content (AvgIpc) is 2.86. The molecule has 0 fully saturated rings. The van der Waals surface area contributed by atoms with Crippen molar-refractivity contribution < 1.29 is 23.8 Å². The van der Waals surface area contributed by atoms with Gasteiger partial charge in [-0.1, -0.05) is 24.3 Å². The van der Waals surface area contributed by atoms with Gasteiger partial charge in [0.25, 0.3) is 5.91 Å². The van der Waals surface area contributed by atoms with Gasteiger partial charge >= 0.3 is 0 Å². The Morgan fingerprint density at radius 3 is 2.39 bits per heavy atom. The van der Waals surface area contributed by atoms with Gasteiger partial charge in [-0.15, -0.1) is 0 Å². The number of amides is 2. The second-order valence-corrected chi connectivity index (χ2v) is 7.62. The van der Waals surface area contributed by atoms with Crippen LogP contribution in [0.1, 0.15) is 33.4 Å². The van der Waals surface area contributed by atoms with E-state index in [0.29, 0.717) is 34.2 Å². The lowest BCUT2D eigenvalue weighted by molar-refractivity contribution is -0.119. The average molecular weight is 447 g/mol. The first-order chi connectivity index (χ1) is 16.0. The first kappa shape index (κ1) is 22.1. The molecule has 1 aromatic heterocycles. The molecule has 2 aromatic carbocycles. The number of fused-ring (bicyclic) bond motifs is 1. The van der Waals surface area contributed by atoms with Crippen LogP contribution in [0.25, 0.3) is 0 Å². The lowest BCUT2D eigenvalue weighted by atomic mass is 9.79. The highest BCUT2D eigenvalue weighted by molar-refractivity contribution is 6.04. The lowest BCUT2D eigenvalue weighted by Crippen LogP contribution is -2.44. The Balaban J connectivity index is 1.79. The van der Waals surface area contributed by atoms with E-state index >= 15 is 0 Å². The Labute approximate surface area is 192 Å². The van der Waals surface area contributed by atoms with Crippen molar-refractivity contribution in [1.82, 2.24) is 9.88 Å². The SMILES string of the molecule is COc1ccc(NC(=O)[C@@H]2c3ccccc3C(=O)N(C)[C@H]2c2ccc(OC)c(OC)c2)cn1. The summed E-state index contributed by atoms with van der Waals surface area (Å²) in [4.78, 5) is 32.6. The minimum absolute atomic E-state index is 0.152. The molecule has 0 spiro atoms. The van der Waals surface area contributed by atoms with Crippen molar-refractivity contribution in [3.63, 3.8) is 0 Å². The monoisotopic (exact) mass is 447 g/mol. The van der Waals surface area contributed by atoms with Gasteiger partial charge in [0.05, 0.1) is 45.2 Å². The van der Waals surface area contributed by atoms with E-state index in [1.807, 2.05) is 18.2 Å². The number of nitrogens with zero attached hydrogens (tertiary/aromatic N) is 2. The summed E-state index contributed by atoms with van der Waals surface area (Å²) >= 11 is 0. The number of hydrogen-bond donors (Lipinski definition) is 1. The minimum Gasteiger partial charge on any atom is -0.493 e. The molecule has 3 aromatic rings. The number of ether oxygens (including phenoxy) is 3. The number of rotatable bonds is 6. The molecule has 8 heteroatoms. The van der Waals surface area contributed by atoms with E-state index < -0.39 is 12.0 Å². The van der Waals surface area contributed by atoms with Crippen LogP contribution >= 0.6 is 0 Å². The first-order valence-corrected chi connectivity index (χ1v) is 10.4. The molecule has 0 bridgehead atoms. The second-order valence-electron chi connectivity index (χ2n) is 7.62. The Morgan fingerprint density at radius 1 is 0.970 bits per heavy atom. The maximum Gasteiger partial charge on any atom is 0.254 e. The maximum absolute atomic E-state index is 13.6. The predicted molar refractivity (Wildman–Crippen MR) is 123 cm³/mol. The topological polar surface area (TPSA) is 90.0 Å². The zero-order valence-corrected chi connectivity index (χ0v) is 18.9. The van der Waals surface area contributed by atoms with Gasteiger partial charge in [-0.2, -0.15) is 0 Å². The Hall–Kier alpha value is -4.07. The summed E-state index contributed by atoms with van der Waals surface area (Å²) in [5.41, 5.74) is 2.46. The molecule has 2 amide bonds. The van der Waals surface area contributed by atoms with Crippen molar-refractivity contribution >= 4 is 17.5 Å². The Bertz CT molecular complexity index is 1180. The summed E-state index contributed by atoms with van der Waals surface area (Å²) in [6.07, 6.45) is 1.53. The molecule has 1 N–H and O–H groups in total. The van der Waals surface area contributed by atoms with Crippen LogP contribution in [0, 0.1) is 0 Å². The third-order valence-electron chi connectivity index (χ3n) is 5.82. The normalized spacial score (nSPS) is 17.2. The fourth-order valence-corrected chi connectivity index (χ4v) is 4.21. The number of benzene rings is 2. The molecule has 33 heavy (non-hydrogen) atoms. The zero-order chi connectivity index (χ0) is 23.5. The Morgan fingerprint density at radius 2 is 1.73 bits per heavy atom. The van der Waals surface area contributed by atoms with Gasteiger partial charge in [0.2, 0.25) is 11.8 Å². The molecule has 1 aliphatic rings. The van der Waals surface area contributed by atoms with E-state index in [4.69, 9.17) is 14.2 Å². The lowest BCUT2D eigenvalue weighted by Gasteiger charge is -2.39. The summed E-state index contributed by atoms with van der Waals surface area (Å²) in [5, 5.41) is 2.94. The summed E-state index contributed by atoms with van der Waals surface area (Å²) in [6.45, 7) is 0. The predicted octanol–water partition coefficient (Wildman–Crippen LogP) is 3.66. The highest BCUT2D eigenvalue weighted by Gasteiger charge is 2.42. The summed E-state index contributed by atoms with van der Waals surface area (Å²) in [5.74, 6) is 0.465. The highest BCUT2D eigenvalue weighted by atomic mass is 16.5. The summed E-state index contributed by atoms with van der Waals surface area (Å²) in [7, 11) is 6.34. The van der Waals surface area contributed by atoms with Crippen LogP contribution in [0.2, 0.25) is 0 Å². The minimum atomic E-state index is -0.663. The van der Waals surface area contributed by atoms with E-state index in [1.54, 1.807) is 62.6 Å². The van der Waals surface area contributed by atoms with Crippen LogP contribution in [0.5, 0.6) is 17.4 Å². The van der Waals surface area contributed by atoms with Gasteiger partial charge in [0.1, 0.15) is 0 Å². The molecule has 0 aliphatic carbocycles. The summed E-state index contributed by atoms with van der Waals surface area (Å²) in [6, 6.07) is 15.5. The van der Waals surface area contributed by atoms with E-state index in [-0.39, 0.29) is 11.8 Å². The second kappa shape index (κ2) is 9.20. The summed E-state index contributed by atoms with van der Waals surface area (Å²) < 4.78 is 15.9. The highest BCUT2D eigenvalue weighted by Crippen LogP contribution is 2.44. The van der Waals surface area contributed by atoms with Crippen LogP contribution in [0.15, 0.2) is 60.8 Å². The largest absolute Gasteiger partial charge is 0.493 e. The molecule has 0 saturated heterocycles. The van der Waals surface area contributed by atoms with Gasteiger partial charge in [-0.3, -0.25) is 9.59 Å². The first-order valence-electron chi connectivity index (χ1n) is 10.4. The third kappa shape index (κ3) is 4.07. The van der Waals surface area contributed by atoms with Crippen molar-refractivity contribution in [3.05, 3.63) is 77.5 Å². The van der Waals surface area contributed by atoms with Crippen LogP contribution in [0.3, 0.4) is 0 Å². The van der Waals surface area contributed by atoms with Gasteiger partial charge in [0.15, 0.2) is 11.5 Å². The number of nitrogens with one attached hydrogen (secondary N) is 1. The molecule has 170 valence electrons. The van der Waals surface area contributed by atoms with Crippen molar-refractivity contribution in [2.75, 3.05) is 33.7 Å². The molecule has 0 radical (unpaired) electrons. The van der Waals surface area contributed by atoms with Gasteiger partial charge in [-0.05, 0) is 35.4 Å². The van der Waals surface area contributed by atoms with Gasteiger partial charge in [-0.25, -0.2) is 4.98 Å². The number of hydrogen-bond acceptors (Lipinski definition) is 6. The maximum atomic E-state index is 13.6. The molecular weight excluding hydrogens is 422 g/mol. The molecule has 2 atom stereocenters. The van der Waals surface area contributed by atoms with E-state index in [0.717, 1.165) is 5.56 Å². The Kier molecular flexibility index (Phi) is 6.17. The van der Waals surface area contributed by atoms with Crippen LogP contribution in [-0.2, 0) is 4.79 Å². The van der Waals surface area contributed by atoms with Gasteiger partial charge < -0.3 is 24.4 Å². The number of anilines is 1. The van der Waals surface area contributed by atoms with Crippen LogP contribution in [0.4, 0.5) is 5.69 Å². The number of carbonyl (C=O) groups is 2. The smallest absolute Gasteiger partial charge is 0.254 e. The molecule has 0 unspecified atom stereocenters. The molecule has 0 saturated carbocycles. The molecule has 1 aliphatic heterocycles. The standard InChI is InChI=1S/C25H25N3O5/c1-28-23(15-9-11-19(31-2)20(13-15)32-3)22(17-7-5-6-8-18(17)25(28)30)24(29)27-16-10-12-21(33-4)26-14-16/h5-14,22-23H,1-4H3,(H,27,29)/t22-,23+/m1/s1. The number of carbonyl (C=O) groups excluding carboxylic acids is 2. The fourth-order valence-electron chi connectivity index (χ4n) is 4.21. The van der Waals surface area contributed by atoms with Crippen molar-refractivity contribution in [2.45, 2.75) is 12.0 Å². The van der Waals surface area contributed by atoms with Crippen LogP contribution < -0.4 is 19.5 Å². The van der Waals surface area contributed by atoms with E-state index in [2.05, 4.69) is 10.3 Å². The zero-order valence-electron chi connectivity index (χ0n) is 18.9. The van der Waals surface area contributed by atoms with Crippen molar-refractivity contribution in [2.24, 2.45) is 0 Å². The molecular formula is C25H25N3O5. The van der Waals surface area contributed by atoms with E-state index in [9.17, 15) is 9.59 Å². The van der Waals surface area contributed by atoms with Crippen LogP contribution in [-0.4, -0.2) is 50.1 Å². The number of likely N-dealkylation sites (N-methyl/N-ethyl adjacent to an activating group) is 1.